The van der Waals surface area contributed by atoms with Crippen LogP contribution >= 0.6 is 0 Å². The fourth-order valence-electron chi connectivity index (χ4n) is 1.84. The number of aryl methyl sites for hydroxylation is 1. The largest absolute Gasteiger partial charge is 0.481 e. The summed E-state index contributed by atoms with van der Waals surface area (Å²) in [5, 5.41) is 6.74. The van der Waals surface area contributed by atoms with E-state index in [1.54, 1.807) is 23.0 Å². The number of nitrogens with zero attached hydrogens (tertiary/aromatic N) is 3. The third-order valence-corrected chi connectivity index (χ3v) is 2.93. The molecule has 0 bridgehead atoms. The van der Waals surface area contributed by atoms with Gasteiger partial charge >= 0.3 is 5.97 Å². The van der Waals surface area contributed by atoms with E-state index in [-0.39, 0.29) is 12.2 Å². The molecule has 2 heterocycles. The lowest BCUT2D eigenvalue weighted by Crippen LogP contribution is -2.22. The number of pyridine rings is 1. The van der Waals surface area contributed by atoms with Crippen LogP contribution in [0.25, 0.3) is 0 Å². The van der Waals surface area contributed by atoms with E-state index in [9.17, 15) is 9.59 Å². The van der Waals surface area contributed by atoms with Crippen molar-refractivity contribution in [1.82, 2.24) is 14.8 Å². The molecule has 0 atom stereocenters. The van der Waals surface area contributed by atoms with Gasteiger partial charge < -0.3 is 14.8 Å². The third kappa shape index (κ3) is 4.53. The van der Waals surface area contributed by atoms with Crippen molar-refractivity contribution in [1.29, 1.82) is 0 Å². The Morgan fingerprint density at radius 3 is 2.78 bits per heavy atom. The lowest BCUT2D eigenvalue weighted by atomic mass is 10.3. The van der Waals surface area contributed by atoms with Crippen LogP contribution in [-0.2, 0) is 16.1 Å². The van der Waals surface area contributed by atoms with Gasteiger partial charge in [-0.25, -0.2) is 14.5 Å². The van der Waals surface area contributed by atoms with E-state index in [2.05, 4.69) is 15.4 Å². The topological polar surface area (TPSA) is 95.3 Å². The number of methoxy groups -OCH3 is 1. The smallest absolute Gasteiger partial charge is 0.340 e. The Balaban J connectivity index is 1.85. The molecule has 122 valence electrons. The minimum atomic E-state index is -0.627. The van der Waals surface area contributed by atoms with Crippen molar-refractivity contribution >= 4 is 17.7 Å². The Hall–Kier alpha value is -2.90. The summed E-state index contributed by atoms with van der Waals surface area (Å²) in [4.78, 5) is 27.6. The van der Waals surface area contributed by atoms with E-state index >= 15 is 0 Å². The van der Waals surface area contributed by atoms with E-state index in [4.69, 9.17) is 9.47 Å². The van der Waals surface area contributed by atoms with Gasteiger partial charge in [0, 0.05) is 24.9 Å². The van der Waals surface area contributed by atoms with Crippen molar-refractivity contribution in [2.45, 2.75) is 19.9 Å². The summed E-state index contributed by atoms with van der Waals surface area (Å²) in [6, 6.07) is 4.74. The molecule has 2 rings (SSSR count). The molecular weight excluding hydrogens is 300 g/mol. The highest BCUT2D eigenvalue weighted by Crippen LogP contribution is 2.09. The summed E-state index contributed by atoms with van der Waals surface area (Å²) in [7, 11) is 1.48. The molecule has 0 unspecified atom stereocenters. The highest BCUT2D eigenvalue weighted by atomic mass is 16.5. The van der Waals surface area contributed by atoms with E-state index in [0.717, 1.165) is 6.42 Å². The maximum absolute atomic E-state index is 11.8. The van der Waals surface area contributed by atoms with E-state index in [1.165, 1.54) is 19.4 Å². The highest BCUT2D eigenvalue weighted by molar-refractivity contribution is 5.94. The number of amides is 1. The molecule has 23 heavy (non-hydrogen) atoms. The van der Waals surface area contributed by atoms with Crippen molar-refractivity contribution in [3.8, 4) is 5.88 Å². The molecule has 0 spiro atoms. The number of aromatic nitrogens is 3. The zero-order chi connectivity index (χ0) is 16.7. The zero-order valence-electron chi connectivity index (χ0n) is 13.0. The lowest BCUT2D eigenvalue weighted by Gasteiger charge is -2.08. The van der Waals surface area contributed by atoms with Gasteiger partial charge in [0.15, 0.2) is 6.61 Å². The Morgan fingerprint density at radius 2 is 2.13 bits per heavy atom. The van der Waals surface area contributed by atoms with Crippen LogP contribution in [0.2, 0.25) is 0 Å². The first-order chi connectivity index (χ1) is 11.1. The van der Waals surface area contributed by atoms with E-state index < -0.39 is 11.9 Å². The van der Waals surface area contributed by atoms with E-state index in [1.807, 2.05) is 6.92 Å². The Kier molecular flexibility index (Phi) is 5.67. The Morgan fingerprint density at radius 1 is 1.30 bits per heavy atom. The number of hydrogen-bond acceptors (Lipinski definition) is 6. The standard InChI is InChI=1S/C15H18N4O4/c1-3-8-19-12(6-7-17-19)18-13(20)10-23-15(21)11-4-5-14(22-2)16-9-11/h4-7,9H,3,8,10H2,1-2H3,(H,18,20). The summed E-state index contributed by atoms with van der Waals surface area (Å²) in [5.41, 5.74) is 0.245. The second kappa shape index (κ2) is 7.92. The maximum Gasteiger partial charge on any atom is 0.340 e. The summed E-state index contributed by atoms with van der Waals surface area (Å²) in [5.74, 6) is -0.0995. The van der Waals surface area contributed by atoms with Gasteiger partial charge in [0.25, 0.3) is 5.91 Å². The van der Waals surface area contributed by atoms with Crippen LogP contribution in [-0.4, -0.2) is 40.4 Å². The third-order valence-electron chi connectivity index (χ3n) is 2.93. The molecule has 0 fully saturated rings. The van der Waals surface area contributed by atoms with Crippen LogP contribution in [0.1, 0.15) is 23.7 Å². The first-order valence-corrected chi connectivity index (χ1v) is 7.13. The van der Waals surface area contributed by atoms with Crippen LogP contribution in [0.3, 0.4) is 0 Å². The maximum atomic E-state index is 11.8. The van der Waals surface area contributed by atoms with Gasteiger partial charge in [0.05, 0.1) is 18.9 Å². The molecular formula is C15H18N4O4. The Labute approximate surface area is 133 Å². The average molecular weight is 318 g/mol. The van der Waals surface area contributed by atoms with Gasteiger partial charge in [-0.1, -0.05) is 6.92 Å². The zero-order valence-corrected chi connectivity index (χ0v) is 13.0. The van der Waals surface area contributed by atoms with E-state index in [0.29, 0.717) is 18.2 Å². The summed E-state index contributed by atoms with van der Waals surface area (Å²) >= 11 is 0. The number of esters is 1. The second-order valence-electron chi connectivity index (χ2n) is 4.65. The van der Waals surface area contributed by atoms with Crippen molar-refractivity contribution in [3.05, 3.63) is 36.2 Å². The predicted molar refractivity (Wildman–Crippen MR) is 82.2 cm³/mol. The molecule has 0 aromatic carbocycles. The molecule has 0 aliphatic heterocycles. The monoisotopic (exact) mass is 318 g/mol. The van der Waals surface area contributed by atoms with Crippen LogP contribution in [0.5, 0.6) is 5.88 Å². The van der Waals surface area contributed by atoms with Gasteiger partial charge in [-0.2, -0.15) is 5.10 Å². The molecule has 2 aromatic rings. The Bertz CT molecular complexity index is 666. The first kappa shape index (κ1) is 16.5. The SMILES string of the molecule is CCCn1nccc1NC(=O)COC(=O)c1ccc(OC)nc1. The number of rotatable bonds is 7. The van der Waals surface area contributed by atoms with Crippen molar-refractivity contribution < 1.29 is 19.1 Å². The van der Waals surface area contributed by atoms with Gasteiger partial charge in [-0.15, -0.1) is 0 Å². The number of ether oxygens (including phenoxy) is 2. The summed E-state index contributed by atoms with van der Waals surface area (Å²) in [6.45, 7) is 2.32. The van der Waals surface area contributed by atoms with Crippen LogP contribution in [0.15, 0.2) is 30.6 Å². The van der Waals surface area contributed by atoms with Gasteiger partial charge in [-0.3, -0.25) is 4.79 Å². The summed E-state index contributed by atoms with van der Waals surface area (Å²) in [6.07, 6.45) is 3.82. The molecule has 8 heteroatoms. The number of nitrogens with one attached hydrogen (secondary N) is 1. The normalized spacial score (nSPS) is 10.2. The average Bonchev–Trinajstić information content (AvgIpc) is 3.00. The second-order valence-corrected chi connectivity index (χ2v) is 4.65. The number of anilines is 1. The number of carbonyl (C=O) groups is 2. The molecule has 2 aromatic heterocycles. The molecule has 0 radical (unpaired) electrons. The number of hydrogen-bond donors (Lipinski definition) is 1. The molecule has 1 amide bonds. The molecule has 0 saturated heterocycles. The molecule has 1 N–H and O–H groups in total. The van der Waals surface area contributed by atoms with Crippen molar-refractivity contribution in [3.63, 3.8) is 0 Å². The first-order valence-electron chi connectivity index (χ1n) is 7.13. The molecule has 0 saturated carbocycles. The van der Waals surface area contributed by atoms with Crippen LogP contribution in [0, 0.1) is 0 Å². The van der Waals surface area contributed by atoms with Gasteiger partial charge in [0.1, 0.15) is 5.82 Å². The minimum absolute atomic E-state index is 0.245. The quantitative estimate of drug-likeness (QED) is 0.777. The highest BCUT2D eigenvalue weighted by Gasteiger charge is 2.12. The van der Waals surface area contributed by atoms with Gasteiger partial charge in [-0.05, 0) is 12.5 Å². The van der Waals surface area contributed by atoms with Crippen LogP contribution < -0.4 is 10.1 Å². The van der Waals surface area contributed by atoms with Crippen LogP contribution in [0.4, 0.5) is 5.82 Å². The molecule has 0 aliphatic carbocycles. The van der Waals surface area contributed by atoms with Crippen molar-refractivity contribution in [2.75, 3.05) is 19.0 Å². The summed E-state index contributed by atoms with van der Waals surface area (Å²) < 4.78 is 11.5. The fraction of sp³-hybridized carbons (Fsp3) is 0.333. The van der Waals surface area contributed by atoms with Gasteiger partial charge in [0.2, 0.25) is 5.88 Å². The number of carbonyl (C=O) groups excluding carboxylic acids is 2. The van der Waals surface area contributed by atoms with Crippen molar-refractivity contribution in [2.24, 2.45) is 0 Å². The fourth-order valence-corrected chi connectivity index (χ4v) is 1.84. The predicted octanol–water partition coefficient (Wildman–Crippen LogP) is 1.49. The molecule has 0 aliphatic rings. The lowest BCUT2D eigenvalue weighted by molar-refractivity contribution is -0.119. The molecule has 8 nitrogen and oxygen atoms in total. The minimum Gasteiger partial charge on any atom is -0.481 e.